The van der Waals surface area contributed by atoms with Gasteiger partial charge in [0.2, 0.25) is 0 Å². The Morgan fingerprint density at radius 2 is 1.55 bits per heavy atom. The number of Topliss-reactive ketones (excluding diaryl/α,β-unsaturated/α-hetero) is 1. The summed E-state index contributed by atoms with van der Waals surface area (Å²) in [4.78, 5) is 17.0. The molecule has 0 N–H and O–H groups in total. The third kappa shape index (κ3) is 15.0. The number of benzene rings is 1. The van der Waals surface area contributed by atoms with E-state index < -0.39 is 0 Å². The Bertz CT molecular complexity index is 556. The molecule has 1 heterocycles. The summed E-state index contributed by atoms with van der Waals surface area (Å²) in [6.07, 6.45) is 5.37. The summed E-state index contributed by atoms with van der Waals surface area (Å²) in [7, 11) is 2.04. The number of likely N-dealkylation sites (tertiary alicyclic amines) is 1. The average Bonchev–Trinajstić information content (AvgIpc) is 2.73. The molecule has 0 aromatic heterocycles. The Morgan fingerprint density at radius 1 is 1.00 bits per heavy atom. The molecule has 0 unspecified atom stereocenters. The van der Waals surface area contributed by atoms with Crippen LogP contribution in [0.2, 0.25) is 0 Å². The first kappa shape index (κ1) is 33.6. The quantitative estimate of drug-likeness (QED) is 0.207. The maximum Gasteiger partial charge on any atom is 0.166 e. The molecule has 1 aromatic rings. The largest absolute Gasteiger partial charge is 2.00 e. The van der Waals surface area contributed by atoms with Crippen molar-refractivity contribution in [3.8, 4) is 0 Å². The second-order valence-corrected chi connectivity index (χ2v) is 8.69. The van der Waals surface area contributed by atoms with Gasteiger partial charge in [-0.05, 0) is 83.3 Å². The zero-order chi connectivity index (χ0) is 21.5. The van der Waals surface area contributed by atoms with Crippen LogP contribution in [0.3, 0.4) is 0 Å². The van der Waals surface area contributed by atoms with Crippen molar-refractivity contribution in [2.75, 3.05) is 57.0 Å². The fourth-order valence-corrected chi connectivity index (χ4v) is 4.13. The van der Waals surface area contributed by atoms with Crippen LogP contribution in [-0.4, -0.2) is 72.6 Å². The number of nitrogens with zero attached hydrogens (tertiary/aromatic N) is 2. The number of unbranched alkanes of at least 4 members (excludes halogenated alkanes) is 2. The SMILES string of the molecule is CN(CC[S-])CC[S-].O=C(c1ccc(F)cc1)C1CCN(CCCCC[S-])CC1.[O-2].[Re]. The molecule has 1 fully saturated rings. The van der Waals surface area contributed by atoms with Gasteiger partial charge in [-0.2, -0.15) is 17.3 Å². The maximum absolute atomic E-state index is 12.9. The van der Waals surface area contributed by atoms with Crippen LogP contribution >= 0.6 is 0 Å². The van der Waals surface area contributed by atoms with Crippen LogP contribution in [0.4, 0.5) is 4.39 Å². The number of ketones is 1. The Hall–Kier alpha value is 0.412. The molecule has 2 rings (SSSR count). The smallest absolute Gasteiger partial charge is 0.166 e. The van der Waals surface area contributed by atoms with Crippen LogP contribution in [0.1, 0.15) is 42.5 Å². The van der Waals surface area contributed by atoms with Gasteiger partial charge in [-0.25, -0.2) is 4.39 Å². The van der Waals surface area contributed by atoms with E-state index in [2.05, 4.69) is 9.80 Å². The number of carbonyl (C=O) groups excluding carboxylic acids is 1. The first-order valence-corrected chi connectivity index (χ1v) is 12.2. The molecule has 0 aliphatic carbocycles. The van der Waals surface area contributed by atoms with Gasteiger partial charge in [0.25, 0.3) is 0 Å². The summed E-state index contributed by atoms with van der Waals surface area (Å²) >= 11 is 14.5. The van der Waals surface area contributed by atoms with Gasteiger partial charge in [-0.15, -0.1) is 0 Å². The molecule has 4 nitrogen and oxygen atoms in total. The summed E-state index contributed by atoms with van der Waals surface area (Å²) in [5.41, 5.74) is 0.639. The van der Waals surface area contributed by atoms with E-state index in [1.54, 1.807) is 12.1 Å². The van der Waals surface area contributed by atoms with Gasteiger partial charge >= 0.3 is 0 Å². The molecule has 1 saturated heterocycles. The molecule has 0 spiro atoms. The molecule has 0 bridgehead atoms. The molecule has 1 aliphatic heterocycles. The minimum atomic E-state index is -0.291. The summed E-state index contributed by atoms with van der Waals surface area (Å²) in [6.45, 7) is 5.09. The van der Waals surface area contributed by atoms with Gasteiger partial charge in [-0.1, -0.05) is 12.8 Å². The van der Waals surface area contributed by atoms with E-state index >= 15 is 0 Å². The predicted octanol–water partition coefficient (Wildman–Crippen LogP) is 3.33. The summed E-state index contributed by atoms with van der Waals surface area (Å²) in [6, 6.07) is 5.92. The zero-order valence-corrected chi connectivity index (χ0v) is 23.4. The van der Waals surface area contributed by atoms with E-state index in [4.69, 9.17) is 37.9 Å². The molecule has 1 radical (unpaired) electrons. The fraction of sp³-hybridized carbons (Fsp3) is 0.682. The van der Waals surface area contributed by atoms with E-state index in [0.717, 1.165) is 69.2 Å². The van der Waals surface area contributed by atoms with Crippen LogP contribution in [0.15, 0.2) is 24.3 Å². The van der Waals surface area contributed by atoms with Crippen molar-refractivity contribution in [3.05, 3.63) is 35.6 Å². The van der Waals surface area contributed by atoms with Crippen molar-refractivity contribution in [2.45, 2.75) is 32.1 Å². The minimum absolute atomic E-state index is 0. The van der Waals surface area contributed by atoms with Gasteiger partial charge in [0.15, 0.2) is 5.78 Å². The molecule has 1 aromatic carbocycles. The van der Waals surface area contributed by atoms with Crippen molar-refractivity contribution in [1.29, 1.82) is 0 Å². The average molecular weight is 660 g/mol. The van der Waals surface area contributed by atoms with Crippen molar-refractivity contribution in [2.24, 2.45) is 5.92 Å². The summed E-state index contributed by atoms with van der Waals surface area (Å²) < 4.78 is 12.9. The molecule has 0 atom stereocenters. The van der Waals surface area contributed by atoms with Crippen LogP contribution in [0.25, 0.3) is 0 Å². The zero-order valence-electron chi connectivity index (χ0n) is 18.3. The van der Waals surface area contributed by atoms with E-state index in [0.29, 0.717) is 5.56 Å². The monoisotopic (exact) mass is 660 g/mol. The van der Waals surface area contributed by atoms with Gasteiger partial charge < -0.3 is 53.2 Å². The van der Waals surface area contributed by atoms with E-state index in [-0.39, 0.29) is 43.4 Å². The van der Waals surface area contributed by atoms with Crippen molar-refractivity contribution in [3.63, 3.8) is 0 Å². The van der Waals surface area contributed by atoms with Crippen LogP contribution < -0.4 is 0 Å². The molecule has 1 aliphatic rings. The Labute approximate surface area is 218 Å². The summed E-state index contributed by atoms with van der Waals surface area (Å²) in [5.74, 6) is 2.45. The number of halogens is 1. The van der Waals surface area contributed by atoms with Gasteiger partial charge in [0.05, 0.1) is 0 Å². The van der Waals surface area contributed by atoms with Gasteiger partial charge in [0.1, 0.15) is 5.82 Å². The predicted molar refractivity (Wildman–Crippen MR) is 129 cm³/mol. The molecule has 9 heteroatoms. The number of hydrogen-bond donors (Lipinski definition) is 0. The van der Waals surface area contributed by atoms with E-state index in [1.165, 1.54) is 25.0 Å². The molecular weight excluding hydrogens is 626 g/mol. The normalized spacial score (nSPS) is 14.3. The summed E-state index contributed by atoms with van der Waals surface area (Å²) in [5, 5.41) is 0. The first-order chi connectivity index (χ1) is 14.0. The van der Waals surface area contributed by atoms with E-state index in [9.17, 15) is 9.18 Å². The first-order valence-electron chi connectivity index (χ1n) is 10.5. The maximum atomic E-state index is 12.9. The Kier molecular flexibility index (Phi) is 22.7. The Morgan fingerprint density at radius 3 is 2.03 bits per heavy atom. The Balaban J connectivity index is 0. The van der Waals surface area contributed by atoms with Gasteiger partial charge in [0, 0.05) is 31.9 Å². The second kappa shape index (κ2) is 21.0. The van der Waals surface area contributed by atoms with Crippen LogP contribution in [-0.2, 0) is 63.8 Å². The number of carbonyl (C=O) groups is 1. The number of hydrogen-bond acceptors (Lipinski definition) is 6. The van der Waals surface area contributed by atoms with E-state index in [1.807, 2.05) is 7.05 Å². The standard InChI is InChI=1S/C17H24FNOS.C5H13NS2.O.Re/c18-16-6-4-14(5-7-16)17(20)15-8-11-19(12-9-15)10-2-1-3-13-21;1-6(2-4-7)3-5-8;;/h4-7,15,21H,1-3,8-13H2;7-8H,2-5H2,1H3;;/q;;-2;/p-3. The molecule has 31 heavy (non-hydrogen) atoms. The fourth-order valence-electron chi connectivity index (χ4n) is 3.31. The van der Waals surface area contributed by atoms with Crippen LogP contribution in [0.5, 0.6) is 0 Å². The van der Waals surface area contributed by atoms with Crippen LogP contribution in [0, 0.1) is 11.7 Å². The topological polar surface area (TPSA) is 52.1 Å². The van der Waals surface area contributed by atoms with Crippen molar-refractivity contribution >= 4 is 43.7 Å². The third-order valence-corrected chi connectivity index (χ3v) is 5.81. The number of piperidine rings is 1. The van der Waals surface area contributed by atoms with Crippen molar-refractivity contribution in [1.82, 2.24) is 9.80 Å². The third-order valence-electron chi connectivity index (χ3n) is 5.15. The molecule has 0 saturated carbocycles. The number of rotatable bonds is 11. The molecule has 0 amide bonds. The minimum Gasteiger partial charge on any atom is -2.00 e. The second-order valence-electron chi connectivity index (χ2n) is 7.46. The van der Waals surface area contributed by atoms with Gasteiger partial charge in [-0.3, -0.25) is 4.79 Å². The molecule has 181 valence electrons. The van der Waals surface area contributed by atoms with Crippen molar-refractivity contribution < 1.29 is 35.1 Å². The molecular formula is C22H34FN2O2ReS3-5.